The highest BCUT2D eigenvalue weighted by Gasteiger charge is 2.30. The summed E-state index contributed by atoms with van der Waals surface area (Å²) in [6.07, 6.45) is 1.69. The van der Waals surface area contributed by atoms with Crippen molar-refractivity contribution in [1.82, 2.24) is 4.98 Å². The van der Waals surface area contributed by atoms with Gasteiger partial charge in [-0.1, -0.05) is 29.3 Å². The predicted octanol–water partition coefficient (Wildman–Crippen LogP) is 5.60. The van der Waals surface area contributed by atoms with Gasteiger partial charge < -0.3 is 10.6 Å². The topological polar surface area (TPSA) is 76.3 Å². The molecular formula is C23H21Cl2N3O2. The molecule has 30 heavy (non-hydrogen) atoms. The number of nitrogens with two attached hydrogens (primary N) is 1. The molecule has 0 saturated heterocycles. The summed E-state index contributed by atoms with van der Waals surface area (Å²) in [6, 6.07) is 15.4. The molecule has 0 saturated carbocycles. The van der Waals surface area contributed by atoms with Crippen LogP contribution in [0.4, 0.5) is 5.69 Å². The van der Waals surface area contributed by atoms with Crippen LogP contribution >= 0.6 is 23.2 Å². The zero-order chi connectivity index (χ0) is 22.1. The minimum Gasteiger partial charge on any atom is -0.366 e. The van der Waals surface area contributed by atoms with Crippen LogP contribution in [0.1, 0.15) is 41.5 Å². The summed E-state index contributed by atoms with van der Waals surface area (Å²) in [5.41, 5.74) is 7.35. The van der Waals surface area contributed by atoms with Gasteiger partial charge in [0.1, 0.15) is 0 Å². The summed E-state index contributed by atoms with van der Waals surface area (Å²) >= 11 is 12.6. The zero-order valence-electron chi connectivity index (χ0n) is 16.8. The van der Waals surface area contributed by atoms with Gasteiger partial charge in [0.15, 0.2) is 0 Å². The summed E-state index contributed by atoms with van der Waals surface area (Å²) in [5, 5.41) is 0.667. The monoisotopic (exact) mass is 441 g/mol. The van der Waals surface area contributed by atoms with Gasteiger partial charge in [0.05, 0.1) is 21.3 Å². The van der Waals surface area contributed by atoms with E-state index in [1.807, 2.05) is 45.0 Å². The van der Waals surface area contributed by atoms with E-state index in [1.54, 1.807) is 29.3 Å². The molecule has 2 N–H and O–H groups in total. The van der Waals surface area contributed by atoms with Crippen LogP contribution in [-0.4, -0.2) is 22.3 Å². The Morgan fingerprint density at radius 3 is 2.27 bits per heavy atom. The summed E-state index contributed by atoms with van der Waals surface area (Å²) < 4.78 is 0. The van der Waals surface area contributed by atoms with Gasteiger partial charge >= 0.3 is 0 Å². The standard InChI is InChI=1S/C23H21Cl2N3O2/c1-23(2,3)28(22(30)14-7-9-16(21(26)29)19(25)12-14)15-8-10-18(24)17(13-15)20-6-4-5-11-27-20/h4-13H,1-3H3,(H2,26,29). The second kappa shape index (κ2) is 8.46. The number of halogens is 2. The molecule has 0 aliphatic carbocycles. The molecule has 0 bridgehead atoms. The van der Waals surface area contributed by atoms with Crippen molar-refractivity contribution in [3.63, 3.8) is 0 Å². The van der Waals surface area contributed by atoms with Gasteiger partial charge in [-0.15, -0.1) is 0 Å². The SMILES string of the molecule is CC(C)(C)N(C(=O)c1ccc(C(N)=O)c(Cl)c1)c1ccc(Cl)c(-c2ccccn2)c1. The lowest BCUT2D eigenvalue weighted by Gasteiger charge is -2.36. The third kappa shape index (κ3) is 4.48. The predicted molar refractivity (Wildman–Crippen MR) is 121 cm³/mol. The summed E-state index contributed by atoms with van der Waals surface area (Å²) in [4.78, 5) is 30.9. The van der Waals surface area contributed by atoms with Crippen LogP contribution in [0.15, 0.2) is 60.8 Å². The Morgan fingerprint density at radius 2 is 1.70 bits per heavy atom. The number of aromatic nitrogens is 1. The van der Waals surface area contributed by atoms with E-state index in [1.165, 1.54) is 12.1 Å². The molecular weight excluding hydrogens is 421 g/mol. The maximum Gasteiger partial charge on any atom is 0.258 e. The molecule has 3 aromatic rings. The third-order valence-electron chi connectivity index (χ3n) is 4.50. The first-order valence-corrected chi connectivity index (χ1v) is 10.00. The fourth-order valence-corrected chi connectivity index (χ4v) is 3.65. The molecule has 0 unspecified atom stereocenters. The fourth-order valence-electron chi connectivity index (χ4n) is 3.16. The molecule has 5 nitrogen and oxygen atoms in total. The molecule has 1 aromatic heterocycles. The van der Waals surface area contributed by atoms with Gasteiger partial charge in [-0.2, -0.15) is 0 Å². The highest BCUT2D eigenvalue weighted by atomic mass is 35.5. The number of amides is 2. The van der Waals surface area contributed by atoms with Gasteiger partial charge in [0.25, 0.3) is 5.91 Å². The van der Waals surface area contributed by atoms with Gasteiger partial charge in [-0.25, -0.2) is 0 Å². The van der Waals surface area contributed by atoms with Gasteiger partial charge in [0.2, 0.25) is 5.91 Å². The first-order chi connectivity index (χ1) is 14.1. The van der Waals surface area contributed by atoms with Crippen LogP contribution in [0.3, 0.4) is 0 Å². The van der Waals surface area contributed by atoms with Gasteiger partial charge in [-0.05, 0) is 69.3 Å². The Kier molecular flexibility index (Phi) is 6.15. The van der Waals surface area contributed by atoms with Crippen molar-refractivity contribution in [2.24, 2.45) is 5.73 Å². The second-order valence-electron chi connectivity index (χ2n) is 7.75. The largest absolute Gasteiger partial charge is 0.366 e. The van der Waals surface area contributed by atoms with E-state index < -0.39 is 11.4 Å². The van der Waals surface area contributed by atoms with Crippen molar-refractivity contribution in [3.05, 3.63) is 82.0 Å². The molecule has 154 valence electrons. The summed E-state index contributed by atoms with van der Waals surface area (Å²) in [6.45, 7) is 5.79. The molecule has 2 aromatic carbocycles. The Hall–Kier alpha value is -2.89. The van der Waals surface area contributed by atoms with Crippen LogP contribution in [0.25, 0.3) is 11.3 Å². The normalized spacial score (nSPS) is 11.2. The van der Waals surface area contributed by atoms with Crippen molar-refractivity contribution in [2.75, 3.05) is 4.90 Å². The molecule has 7 heteroatoms. The van der Waals surface area contributed by atoms with Crippen molar-refractivity contribution in [3.8, 4) is 11.3 Å². The number of hydrogen-bond donors (Lipinski definition) is 1. The third-order valence-corrected chi connectivity index (χ3v) is 5.15. The molecule has 0 spiro atoms. The quantitative estimate of drug-likeness (QED) is 0.572. The molecule has 0 fully saturated rings. The maximum absolute atomic E-state index is 13.5. The van der Waals surface area contributed by atoms with Gasteiger partial charge in [-0.3, -0.25) is 14.6 Å². The molecule has 1 heterocycles. The minimum absolute atomic E-state index is 0.132. The van der Waals surface area contributed by atoms with E-state index >= 15 is 0 Å². The fraction of sp³-hybridized carbons (Fsp3) is 0.174. The lowest BCUT2D eigenvalue weighted by molar-refractivity contribution is 0.0962. The Labute approximate surface area is 185 Å². The second-order valence-corrected chi connectivity index (χ2v) is 8.56. The van der Waals surface area contributed by atoms with E-state index in [-0.39, 0.29) is 16.5 Å². The van der Waals surface area contributed by atoms with E-state index in [2.05, 4.69) is 4.98 Å². The van der Waals surface area contributed by atoms with Crippen LogP contribution < -0.4 is 10.6 Å². The Balaban J connectivity index is 2.09. The Morgan fingerprint density at radius 1 is 0.967 bits per heavy atom. The lowest BCUT2D eigenvalue weighted by Crippen LogP contribution is -2.46. The molecule has 3 rings (SSSR count). The molecule has 0 aliphatic heterocycles. The molecule has 2 amide bonds. The number of anilines is 1. The number of pyridine rings is 1. The number of primary amides is 1. The number of hydrogen-bond acceptors (Lipinski definition) is 3. The highest BCUT2D eigenvalue weighted by Crippen LogP contribution is 2.34. The zero-order valence-corrected chi connectivity index (χ0v) is 18.3. The van der Waals surface area contributed by atoms with E-state index in [9.17, 15) is 9.59 Å². The number of nitrogens with zero attached hydrogens (tertiary/aromatic N) is 2. The highest BCUT2D eigenvalue weighted by molar-refractivity contribution is 6.34. The Bertz CT molecular complexity index is 1110. The molecule has 0 aliphatic rings. The van der Waals surface area contributed by atoms with Crippen molar-refractivity contribution < 1.29 is 9.59 Å². The van der Waals surface area contributed by atoms with Crippen molar-refractivity contribution in [1.29, 1.82) is 0 Å². The smallest absolute Gasteiger partial charge is 0.258 e. The average Bonchev–Trinajstić information content (AvgIpc) is 2.68. The van der Waals surface area contributed by atoms with Gasteiger partial charge in [0, 0.05) is 28.6 Å². The first kappa shape index (κ1) is 21.8. The lowest BCUT2D eigenvalue weighted by atomic mass is 10.0. The number of carbonyl (C=O) groups is 2. The molecule has 0 radical (unpaired) electrons. The average molecular weight is 442 g/mol. The van der Waals surface area contributed by atoms with E-state index in [4.69, 9.17) is 28.9 Å². The van der Waals surface area contributed by atoms with E-state index in [0.29, 0.717) is 22.0 Å². The summed E-state index contributed by atoms with van der Waals surface area (Å²) in [7, 11) is 0. The van der Waals surface area contributed by atoms with Crippen molar-refractivity contribution >= 4 is 40.7 Å². The number of carbonyl (C=O) groups excluding carboxylic acids is 2. The van der Waals surface area contributed by atoms with E-state index in [0.717, 1.165) is 5.56 Å². The molecule has 0 atom stereocenters. The maximum atomic E-state index is 13.5. The van der Waals surface area contributed by atoms with Crippen LogP contribution in [0.5, 0.6) is 0 Å². The van der Waals surface area contributed by atoms with Crippen LogP contribution in [-0.2, 0) is 0 Å². The minimum atomic E-state index is -0.649. The first-order valence-electron chi connectivity index (χ1n) is 9.24. The van der Waals surface area contributed by atoms with Crippen LogP contribution in [0, 0.1) is 0 Å². The number of rotatable bonds is 4. The summed E-state index contributed by atoms with van der Waals surface area (Å²) in [5.74, 6) is -0.918. The van der Waals surface area contributed by atoms with Crippen molar-refractivity contribution in [2.45, 2.75) is 26.3 Å². The van der Waals surface area contributed by atoms with Crippen LogP contribution in [0.2, 0.25) is 10.0 Å². The number of benzene rings is 2.